The Bertz CT molecular complexity index is 313. The molecule has 3 nitrogen and oxygen atoms in total. The summed E-state index contributed by atoms with van der Waals surface area (Å²) in [5.41, 5.74) is 1.14. The molecule has 0 aliphatic heterocycles. The van der Waals surface area contributed by atoms with Crippen molar-refractivity contribution in [1.29, 1.82) is 0 Å². The number of rotatable bonds is 5. The van der Waals surface area contributed by atoms with Crippen LogP contribution < -0.4 is 5.32 Å². The van der Waals surface area contributed by atoms with Crippen LogP contribution in [0.15, 0.2) is 23.0 Å². The van der Waals surface area contributed by atoms with Crippen molar-refractivity contribution in [1.82, 2.24) is 5.32 Å². The van der Waals surface area contributed by atoms with Crippen molar-refractivity contribution in [3.05, 3.63) is 24.2 Å². The van der Waals surface area contributed by atoms with E-state index in [2.05, 4.69) is 5.32 Å². The van der Waals surface area contributed by atoms with Crippen LogP contribution in [0.25, 0.3) is 0 Å². The summed E-state index contributed by atoms with van der Waals surface area (Å²) in [7, 11) is 0. The molecule has 1 heterocycles. The maximum absolute atomic E-state index is 11.6. The highest BCUT2D eigenvalue weighted by atomic mass is 16.3. The van der Waals surface area contributed by atoms with Crippen molar-refractivity contribution in [3.8, 4) is 0 Å². The molecule has 0 atom stereocenters. The molecule has 1 aliphatic carbocycles. The number of nitrogens with one attached hydrogen (secondary N) is 1. The quantitative estimate of drug-likeness (QED) is 0.830. The van der Waals surface area contributed by atoms with Gasteiger partial charge in [0.2, 0.25) is 5.91 Å². The lowest BCUT2D eigenvalue weighted by Crippen LogP contribution is -2.27. The molecule has 88 valence electrons. The third-order valence-corrected chi connectivity index (χ3v) is 3.26. The molecule has 1 saturated carbocycles. The summed E-state index contributed by atoms with van der Waals surface area (Å²) < 4.78 is 4.97. The minimum absolute atomic E-state index is 0.204. The Morgan fingerprint density at radius 3 is 2.94 bits per heavy atom. The summed E-state index contributed by atoms with van der Waals surface area (Å²) in [5.74, 6) is 0.837. The first kappa shape index (κ1) is 11.2. The Balaban J connectivity index is 1.60. The van der Waals surface area contributed by atoms with Crippen LogP contribution in [0, 0.1) is 5.92 Å². The zero-order chi connectivity index (χ0) is 11.2. The van der Waals surface area contributed by atoms with Crippen molar-refractivity contribution >= 4 is 5.91 Å². The molecular formula is C13H19NO2. The summed E-state index contributed by atoms with van der Waals surface area (Å²) in [5, 5.41) is 2.97. The summed E-state index contributed by atoms with van der Waals surface area (Å²) >= 11 is 0. The number of hydrogen-bond donors (Lipinski definition) is 1. The number of hydrogen-bond acceptors (Lipinski definition) is 2. The molecule has 0 unspecified atom stereocenters. The van der Waals surface area contributed by atoms with Gasteiger partial charge in [0.25, 0.3) is 0 Å². The maximum Gasteiger partial charge on any atom is 0.220 e. The minimum Gasteiger partial charge on any atom is -0.472 e. The molecular weight excluding hydrogens is 202 g/mol. The number of carbonyl (C=O) groups is 1. The Labute approximate surface area is 96.2 Å². The predicted molar refractivity (Wildman–Crippen MR) is 62.0 cm³/mol. The molecule has 16 heavy (non-hydrogen) atoms. The molecule has 1 aromatic heterocycles. The van der Waals surface area contributed by atoms with Crippen LogP contribution in [0.1, 0.15) is 37.7 Å². The molecule has 0 radical (unpaired) electrons. The van der Waals surface area contributed by atoms with Crippen molar-refractivity contribution in [2.24, 2.45) is 5.92 Å². The summed E-state index contributed by atoms with van der Waals surface area (Å²) in [6.45, 7) is 0.713. The average Bonchev–Trinajstić information content (AvgIpc) is 2.90. The molecule has 0 spiro atoms. The van der Waals surface area contributed by atoms with Crippen LogP contribution in [0.3, 0.4) is 0 Å². The van der Waals surface area contributed by atoms with E-state index in [1.165, 1.54) is 25.7 Å². The number of carbonyl (C=O) groups excluding carboxylic acids is 1. The Kier molecular flexibility index (Phi) is 4.03. The molecule has 3 heteroatoms. The van der Waals surface area contributed by atoms with E-state index >= 15 is 0 Å². The van der Waals surface area contributed by atoms with Crippen LogP contribution in [-0.2, 0) is 11.2 Å². The zero-order valence-corrected chi connectivity index (χ0v) is 9.58. The van der Waals surface area contributed by atoms with Crippen LogP contribution in [-0.4, -0.2) is 12.5 Å². The van der Waals surface area contributed by atoms with Gasteiger partial charge in [0.05, 0.1) is 12.5 Å². The molecule has 1 fully saturated rings. The highest BCUT2D eigenvalue weighted by molar-refractivity contribution is 5.76. The summed E-state index contributed by atoms with van der Waals surface area (Å²) in [6.07, 6.45) is 10.0. The Morgan fingerprint density at radius 2 is 2.25 bits per heavy atom. The monoisotopic (exact) mass is 221 g/mol. The number of amides is 1. The van der Waals surface area contributed by atoms with Crippen LogP contribution >= 0.6 is 0 Å². The van der Waals surface area contributed by atoms with Gasteiger partial charge in [0.15, 0.2) is 0 Å². The fraction of sp³-hybridized carbons (Fsp3) is 0.615. The van der Waals surface area contributed by atoms with Gasteiger partial charge in [0.1, 0.15) is 0 Å². The number of furan rings is 1. The van der Waals surface area contributed by atoms with E-state index in [9.17, 15) is 4.79 Å². The lowest BCUT2D eigenvalue weighted by atomic mass is 10.0. The predicted octanol–water partition coefficient (Wildman–Crippen LogP) is 2.52. The van der Waals surface area contributed by atoms with Gasteiger partial charge in [-0.2, -0.15) is 0 Å². The van der Waals surface area contributed by atoms with E-state index in [1.54, 1.807) is 12.5 Å². The second-order valence-corrected chi connectivity index (χ2v) is 4.59. The summed E-state index contributed by atoms with van der Waals surface area (Å²) in [4.78, 5) is 11.6. The molecule has 0 aromatic carbocycles. The van der Waals surface area contributed by atoms with E-state index in [0.29, 0.717) is 18.9 Å². The van der Waals surface area contributed by atoms with E-state index < -0.39 is 0 Å². The van der Waals surface area contributed by atoms with Crippen molar-refractivity contribution < 1.29 is 9.21 Å². The van der Waals surface area contributed by atoms with Gasteiger partial charge >= 0.3 is 0 Å². The second-order valence-electron chi connectivity index (χ2n) is 4.59. The Morgan fingerprint density at radius 1 is 1.44 bits per heavy atom. The van der Waals surface area contributed by atoms with Gasteiger partial charge in [-0.25, -0.2) is 0 Å². The molecule has 1 N–H and O–H groups in total. The third kappa shape index (κ3) is 3.40. The van der Waals surface area contributed by atoms with Gasteiger partial charge in [0, 0.05) is 13.0 Å². The third-order valence-electron chi connectivity index (χ3n) is 3.26. The van der Waals surface area contributed by atoms with Gasteiger partial charge in [-0.1, -0.05) is 12.8 Å². The lowest BCUT2D eigenvalue weighted by molar-refractivity contribution is -0.121. The Hall–Kier alpha value is -1.25. The highest BCUT2D eigenvalue weighted by Crippen LogP contribution is 2.27. The first-order valence-corrected chi connectivity index (χ1v) is 6.12. The molecule has 2 rings (SSSR count). The van der Waals surface area contributed by atoms with E-state index in [0.717, 1.165) is 12.0 Å². The topological polar surface area (TPSA) is 42.2 Å². The van der Waals surface area contributed by atoms with E-state index in [4.69, 9.17) is 4.42 Å². The smallest absolute Gasteiger partial charge is 0.220 e. The normalized spacial score (nSPS) is 16.5. The van der Waals surface area contributed by atoms with Crippen molar-refractivity contribution in [2.75, 3.05) is 6.54 Å². The van der Waals surface area contributed by atoms with Gasteiger partial charge in [-0.3, -0.25) is 4.79 Å². The molecule has 0 saturated heterocycles. The van der Waals surface area contributed by atoms with E-state index in [-0.39, 0.29) is 5.91 Å². The second kappa shape index (κ2) is 5.73. The lowest BCUT2D eigenvalue weighted by Gasteiger charge is -2.08. The fourth-order valence-corrected chi connectivity index (χ4v) is 2.33. The minimum atomic E-state index is 0.204. The van der Waals surface area contributed by atoms with Gasteiger partial charge < -0.3 is 9.73 Å². The largest absolute Gasteiger partial charge is 0.472 e. The SMILES string of the molecule is O=C(CC1CCCC1)NCCc1ccoc1. The fourth-order valence-electron chi connectivity index (χ4n) is 2.33. The van der Waals surface area contributed by atoms with Crippen LogP contribution in [0.5, 0.6) is 0 Å². The summed E-state index contributed by atoms with van der Waals surface area (Å²) in [6, 6.07) is 1.93. The first-order valence-electron chi connectivity index (χ1n) is 6.12. The molecule has 1 aromatic rings. The maximum atomic E-state index is 11.6. The van der Waals surface area contributed by atoms with Crippen LogP contribution in [0.4, 0.5) is 0 Å². The molecule has 1 amide bonds. The highest BCUT2D eigenvalue weighted by Gasteiger charge is 2.17. The van der Waals surface area contributed by atoms with Crippen molar-refractivity contribution in [2.45, 2.75) is 38.5 Å². The van der Waals surface area contributed by atoms with E-state index in [1.807, 2.05) is 6.07 Å². The zero-order valence-electron chi connectivity index (χ0n) is 9.58. The first-order chi connectivity index (χ1) is 7.84. The average molecular weight is 221 g/mol. The molecule has 1 aliphatic rings. The van der Waals surface area contributed by atoms with Gasteiger partial charge in [-0.15, -0.1) is 0 Å². The molecule has 0 bridgehead atoms. The van der Waals surface area contributed by atoms with Crippen molar-refractivity contribution in [3.63, 3.8) is 0 Å². The van der Waals surface area contributed by atoms with Crippen LogP contribution in [0.2, 0.25) is 0 Å². The standard InChI is InChI=1S/C13H19NO2/c15-13(9-11-3-1-2-4-11)14-7-5-12-6-8-16-10-12/h6,8,10-11H,1-5,7,9H2,(H,14,15). The van der Waals surface area contributed by atoms with Gasteiger partial charge in [-0.05, 0) is 36.8 Å².